The zero-order chi connectivity index (χ0) is 30.5. The predicted octanol–water partition coefficient (Wildman–Crippen LogP) is 6.19. The molecule has 8 nitrogen and oxygen atoms in total. The molecule has 0 unspecified atom stereocenters. The molecule has 0 radical (unpaired) electrons. The fraction of sp³-hybridized carbons (Fsp3) is 0.938. The van der Waals surface area contributed by atoms with E-state index in [1.165, 1.54) is 0 Å². The van der Waals surface area contributed by atoms with Gasteiger partial charge in [0.05, 0.1) is 14.2 Å². The second-order valence-corrected chi connectivity index (χ2v) is 14.7. The maximum absolute atomic E-state index is 13.8. The molecule has 8 heteroatoms. The third kappa shape index (κ3) is 8.20. The van der Waals surface area contributed by atoms with Gasteiger partial charge >= 0.3 is 0 Å². The molecule has 0 aromatic heterocycles. The van der Waals surface area contributed by atoms with Crippen LogP contribution in [0.3, 0.4) is 0 Å². The molecule has 2 fully saturated rings. The zero-order valence-electron chi connectivity index (χ0n) is 28.1. The lowest BCUT2D eigenvalue weighted by molar-refractivity contribution is -0.272. The molecule has 40 heavy (non-hydrogen) atoms. The van der Waals surface area contributed by atoms with Crippen LogP contribution in [0, 0.1) is 0 Å². The van der Waals surface area contributed by atoms with Gasteiger partial charge in [-0.3, -0.25) is 9.59 Å². The summed E-state index contributed by atoms with van der Waals surface area (Å²) in [4.78, 5) is 43.4. The molecule has 0 N–H and O–H groups in total. The lowest BCUT2D eigenvalue weighted by Crippen LogP contribution is -2.64. The van der Waals surface area contributed by atoms with E-state index in [0.29, 0.717) is 0 Å². The van der Waals surface area contributed by atoms with E-state index < -0.39 is 0 Å². The number of hydroxylamine groups is 4. The Morgan fingerprint density at radius 1 is 0.625 bits per heavy atom. The van der Waals surface area contributed by atoms with Gasteiger partial charge in [-0.15, -0.1) is 0 Å². The van der Waals surface area contributed by atoms with Crippen molar-refractivity contribution in [1.82, 2.24) is 19.9 Å². The van der Waals surface area contributed by atoms with Crippen LogP contribution < -0.4 is 0 Å². The maximum Gasteiger partial charge on any atom is 0.223 e. The first-order chi connectivity index (χ1) is 18.5. The quantitative estimate of drug-likeness (QED) is 0.265. The summed E-state index contributed by atoms with van der Waals surface area (Å²) in [5, 5.41) is 4.18. The van der Waals surface area contributed by atoms with Crippen molar-refractivity contribution in [3.05, 3.63) is 0 Å². The fourth-order valence-electron chi connectivity index (χ4n) is 8.03. The Labute approximate surface area is 246 Å². The van der Waals surface area contributed by atoms with Gasteiger partial charge in [-0.05, 0) is 93.9 Å². The molecular weight excluding hydrogens is 504 g/mol. The second-order valence-electron chi connectivity index (χ2n) is 14.7. The fourth-order valence-corrected chi connectivity index (χ4v) is 8.03. The molecular formula is C32H62N4O4. The highest BCUT2D eigenvalue weighted by molar-refractivity contribution is 5.84. The molecule has 0 bridgehead atoms. The summed E-state index contributed by atoms with van der Waals surface area (Å²) in [6.45, 7) is 23.4. The van der Waals surface area contributed by atoms with Gasteiger partial charge < -0.3 is 19.5 Å². The topological polar surface area (TPSA) is 65.6 Å². The molecule has 2 heterocycles. The molecule has 0 saturated carbocycles. The number of carbonyl (C=O) groups excluding carboxylic acids is 2. The van der Waals surface area contributed by atoms with E-state index >= 15 is 0 Å². The highest BCUT2D eigenvalue weighted by Gasteiger charge is 2.49. The Balaban J connectivity index is 2.20. The molecule has 0 aromatic rings. The average Bonchev–Trinajstić information content (AvgIpc) is 2.80. The van der Waals surface area contributed by atoms with Crippen molar-refractivity contribution >= 4 is 11.8 Å². The normalized spacial score (nSPS) is 23.2. The first kappa shape index (κ1) is 35.0. The third-order valence-corrected chi connectivity index (χ3v) is 9.09. The number of unbranched alkanes of at least 4 members (excludes halogenated alkanes) is 2. The van der Waals surface area contributed by atoms with Crippen LogP contribution in [0.15, 0.2) is 0 Å². The summed E-state index contributed by atoms with van der Waals surface area (Å²) in [6, 6.07) is 0.253. The van der Waals surface area contributed by atoms with E-state index in [1.54, 1.807) is 14.2 Å². The van der Waals surface area contributed by atoms with Crippen molar-refractivity contribution in [2.24, 2.45) is 0 Å². The van der Waals surface area contributed by atoms with Crippen LogP contribution in [0.5, 0.6) is 0 Å². The van der Waals surface area contributed by atoms with Crippen LogP contribution in [0.1, 0.15) is 133 Å². The lowest BCUT2D eigenvalue weighted by Gasteiger charge is -2.55. The molecule has 0 aromatic carbocycles. The predicted molar refractivity (Wildman–Crippen MR) is 163 cm³/mol. The SMILES string of the molecule is CCCCN(C(=O)CCC(=O)N(CCCC)C1CC(C)(C)N(OC)C(C)(C)C1)C1CC(C)(C)N(OC)C(C)(C)C1. The molecule has 0 spiro atoms. The van der Waals surface area contributed by atoms with Crippen LogP contribution in [0.2, 0.25) is 0 Å². The van der Waals surface area contributed by atoms with E-state index in [9.17, 15) is 9.59 Å². The number of piperidine rings is 2. The van der Waals surface area contributed by atoms with Gasteiger partial charge in [-0.1, -0.05) is 26.7 Å². The molecule has 2 aliphatic rings. The van der Waals surface area contributed by atoms with Crippen LogP contribution in [0.25, 0.3) is 0 Å². The Bertz CT molecular complexity index is 737. The van der Waals surface area contributed by atoms with Gasteiger partial charge in [-0.25, -0.2) is 0 Å². The first-order valence-corrected chi connectivity index (χ1v) is 15.7. The van der Waals surface area contributed by atoms with Gasteiger partial charge in [0, 0.05) is 60.2 Å². The molecule has 2 amide bonds. The standard InChI is InChI=1S/C32H62N4O4/c1-13-15-19-33(25-21-29(3,4)35(39-11)30(5,6)22-25)27(37)17-18-28(38)34(20-16-14-2)26-23-31(7,8)36(40-12)32(9,10)24-26/h25-26H,13-24H2,1-12H3. The van der Waals surface area contributed by atoms with Crippen LogP contribution in [0.4, 0.5) is 0 Å². The first-order valence-electron chi connectivity index (χ1n) is 15.7. The lowest BCUT2D eigenvalue weighted by atomic mass is 9.78. The zero-order valence-corrected chi connectivity index (χ0v) is 28.1. The number of hydrogen-bond acceptors (Lipinski definition) is 6. The highest BCUT2D eigenvalue weighted by atomic mass is 16.7. The third-order valence-electron chi connectivity index (χ3n) is 9.09. The van der Waals surface area contributed by atoms with Crippen molar-refractivity contribution in [1.29, 1.82) is 0 Å². The minimum absolute atomic E-state index is 0.106. The second kappa shape index (κ2) is 13.8. The van der Waals surface area contributed by atoms with Gasteiger partial charge in [0.2, 0.25) is 11.8 Å². The van der Waals surface area contributed by atoms with E-state index in [2.05, 4.69) is 89.2 Å². The van der Waals surface area contributed by atoms with Crippen molar-refractivity contribution in [3.63, 3.8) is 0 Å². The molecule has 0 aliphatic carbocycles. The van der Waals surface area contributed by atoms with Crippen molar-refractivity contribution < 1.29 is 19.3 Å². The van der Waals surface area contributed by atoms with Gasteiger partial charge in [0.1, 0.15) is 0 Å². The number of rotatable bonds is 13. The number of nitrogens with zero attached hydrogens (tertiary/aromatic N) is 4. The number of hydrogen-bond donors (Lipinski definition) is 0. The van der Waals surface area contributed by atoms with Crippen molar-refractivity contribution in [2.45, 2.75) is 168 Å². The maximum atomic E-state index is 13.8. The summed E-state index contributed by atoms with van der Waals surface area (Å²) in [7, 11) is 3.47. The van der Waals surface area contributed by atoms with E-state index in [4.69, 9.17) is 9.68 Å². The number of carbonyl (C=O) groups is 2. The summed E-state index contributed by atoms with van der Waals surface area (Å²) in [5.74, 6) is 0.212. The minimum Gasteiger partial charge on any atom is -0.340 e. The average molecular weight is 567 g/mol. The molecule has 2 saturated heterocycles. The Kier molecular flexibility index (Phi) is 12.1. The van der Waals surface area contributed by atoms with Gasteiger partial charge in [0.15, 0.2) is 0 Å². The summed E-state index contributed by atoms with van der Waals surface area (Å²) >= 11 is 0. The van der Waals surface area contributed by atoms with Crippen LogP contribution in [-0.2, 0) is 19.3 Å². The van der Waals surface area contributed by atoms with Crippen molar-refractivity contribution in [3.8, 4) is 0 Å². The van der Waals surface area contributed by atoms with Crippen LogP contribution in [-0.4, -0.2) is 93.3 Å². The summed E-state index contributed by atoms with van der Waals surface area (Å²) in [6.07, 6.45) is 7.91. The van der Waals surface area contributed by atoms with E-state index in [0.717, 1.165) is 64.5 Å². The van der Waals surface area contributed by atoms with Gasteiger partial charge in [-0.2, -0.15) is 10.1 Å². The Hall–Kier alpha value is -1.22. The largest absolute Gasteiger partial charge is 0.340 e. The smallest absolute Gasteiger partial charge is 0.223 e. The Morgan fingerprint density at radius 3 is 1.12 bits per heavy atom. The van der Waals surface area contributed by atoms with Crippen LogP contribution >= 0.6 is 0 Å². The van der Waals surface area contributed by atoms with Crippen molar-refractivity contribution in [2.75, 3.05) is 27.3 Å². The van der Waals surface area contributed by atoms with E-state index in [1.807, 2.05) is 0 Å². The van der Waals surface area contributed by atoms with E-state index in [-0.39, 0.29) is 58.9 Å². The number of amides is 2. The molecule has 234 valence electrons. The van der Waals surface area contributed by atoms with Gasteiger partial charge in [0.25, 0.3) is 0 Å². The summed E-state index contributed by atoms with van der Waals surface area (Å²) in [5.41, 5.74) is -0.796. The Morgan fingerprint density at radius 2 is 0.900 bits per heavy atom. The summed E-state index contributed by atoms with van der Waals surface area (Å²) < 4.78 is 0. The molecule has 2 aliphatic heterocycles. The minimum atomic E-state index is -0.199. The monoisotopic (exact) mass is 566 g/mol. The highest BCUT2D eigenvalue weighted by Crippen LogP contribution is 2.42. The molecule has 2 rings (SSSR count). The molecule has 0 atom stereocenters.